The summed E-state index contributed by atoms with van der Waals surface area (Å²) in [4.78, 5) is 2.54. The molecule has 0 bridgehead atoms. The van der Waals surface area contributed by atoms with Gasteiger partial charge in [-0.2, -0.15) is 0 Å². The third-order valence-corrected chi connectivity index (χ3v) is 4.13. The summed E-state index contributed by atoms with van der Waals surface area (Å²) in [5.41, 5.74) is 11.0. The highest BCUT2D eigenvalue weighted by Crippen LogP contribution is 2.32. The molecule has 0 aromatic heterocycles. The molecule has 1 fully saturated rings. The summed E-state index contributed by atoms with van der Waals surface area (Å²) < 4.78 is 0. The molecule has 0 unspecified atom stereocenters. The number of benzene rings is 1. The number of hydrogen-bond donors (Lipinski definition) is 1. The average Bonchev–Trinajstić information content (AvgIpc) is 2.34. The maximum atomic E-state index is 5.95. The lowest BCUT2D eigenvalue weighted by Crippen LogP contribution is -2.32. The quantitative estimate of drug-likeness (QED) is 0.794. The summed E-state index contributed by atoms with van der Waals surface area (Å²) in [5.74, 6) is 0.733. The standard InChI is InChI=1S/C15H24N2/c1-4-17-7-5-13(6-8-17)14-9-12(3)15(16)10-11(14)2/h9-10,13H,4-8,16H2,1-3H3. The Balaban J connectivity index is 2.16. The van der Waals surface area contributed by atoms with E-state index >= 15 is 0 Å². The molecule has 0 amide bonds. The van der Waals surface area contributed by atoms with Gasteiger partial charge in [-0.15, -0.1) is 0 Å². The molecule has 0 atom stereocenters. The maximum absolute atomic E-state index is 5.95. The van der Waals surface area contributed by atoms with Crippen molar-refractivity contribution in [3.63, 3.8) is 0 Å². The van der Waals surface area contributed by atoms with Gasteiger partial charge < -0.3 is 10.6 Å². The van der Waals surface area contributed by atoms with Crippen LogP contribution in [0.3, 0.4) is 0 Å². The first kappa shape index (κ1) is 12.4. The summed E-state index contributed by atoms with van der Waals surface area (Å²) in [7, 11) is 0. The van der Waals surface area contributed by atoms with E-state index in [4.69, 9.17) is 5.73 Å². The number of likely N-dealkylation sites (tertiary alicyclic amines) is 1. The Kier molecular flexibility index (Phi) is 3.72. The lowest BCUT2D eigenvalue weighted by molar-refractivity contribution is 0.222. The molecule has 0 radical (unpaired) electrons. The lowest BCUT2D eigenvalue weighted by Gasteiger charge is -2.32. The SMILES string of the molecule is CCN1CCC(c2cc(C)c(N)cc2C)CC1. The van der Waals surface area contributed by atoms with Gasteiger partial charge in [-0.3, -0.25) is 0 Å². The fourth-order valence-corrected chi connectivity index (χ4v) is 2.86. The summed E-state index contributed by atoms with van der Waals surface area (Å²) in [6.07, 6.45) is 2.58. The molecule has 2 rings (SSSR count). The predicted molar refractivity (Wildman–Crippen MR) is 74.4 cm³/mol. The van der Waals surface area contributed by atoms with E-state index in [-0.39, 0.29) is 0 Å². The third-order valence-electron chi connectivity index (χ3n) is 4.13. The smallest absolute Gasteiger partial charge is 0.0346 e. The number of anilines is 1. The number of aryl methyl sites for hydroxylation is 2. The van der Waals surface area contributed by atoms with Crippen molar-refractivity contribution < 1.29 is 0 Å². The molecular formula is C15H24N2. The third kappa shape index (κ3) is 2.63. The second-order valence-corrected chi connectivity index (χ2v) is 5.27. The van der Waals surface area contributed by atoms with Crippen LogP contribution in [-0.2, 0) is 0 Å². The summed E-state index contributed by atoms with van der Waals surface area (Å²) in [6, 6.07) is 4.44. The number of hydrogen-bond acceptors (Lipinski definition) is 2. The van der Waals surface area contributed by atoms with Crippen molar-refractivity contribution in [2.75, 3.05) is 25.4 Å². The van der Waals surface area contributed by atoms with Gasteiger partial charge in [-0.1, -0.05) is 13.0 Å². The fourth-order valence-electron chi connectivity index (χ4n) is 2.86. The first-order chi connectivity index (χ1) is 8.11. The zero-order valence-corrected chi connectivity index (χ0v) is 11.3. The molecule has 1 aromatic rings. The van der Waals surface area contributed by atoms with Gasteiger partial charge in [0.1, 0.15) is 0 Å². The molecule has 1 saturated heterocycles. The largest absolute Gasteiger partial charge is 0.399 e. The number of nitrogens with zero attached hydrogens (tertiary/aromatic N) is 1. The molecule has 0 spiro atoms. The molecule has 94 valence electrons. The van der Waals surface area contributed by atoms with Gasteiger partial charge in [0, 0.05) is 5.69 Å². The number of nitrogens with two attached hydrogens (primary N) is 1. The van der Waals surface area contributed by atoms with E-state index < -0.39 is 0 Å². The predicted octanol–water partition coefficient (Wildman–Crippen LogP) is 3.08. The van der Waals surface area contributed by atoms with E-state index in [1.165, 1.54) is 49.2 Å². The van der Waals surface area contributed by atoms with Crippen molar-refractivity contribution in [1.29, 1.82) is 0 Å². The summed E-state index contributed by atoms with van der Waals surface area (Å²) in [5, 5.41) is 0. The Bertz CT molecular complexity index is 390. The number of nitrogen functional groups attached to an aromatic ring is 1. The van der Waals surface area contributed by atoms with Crippen LogP contribution in [0.5, 0.6) is 0 Å². The second kappa shape index (κ2) is 5.09. The van der Waals surface area contributed by atoms with E-state index in [1.807, 2.05) is 0 Å². The first-order valence-electron chi connectivity index (χ1n) is 6.70. The highest BCUT2D eigenvalue weighted by molar-refractivity contribution is 5.52. The molecule has 1 aliphatic rings. The second-order valence-electron chi connectivity index (χ2n) is 5.27. The van der Waals surface area contributed by atoms with Gasteiger partial charge in [-0.25, -0.2) is 0 Å². The van der Waals surface area contributed by atoms with E-state index in [9.17, 15) is 0 Å². The van der Waals surface area contributed by atoms with E-state index in [0.29, 0.717) is 0 Å². The van der Waals surface area contributed by atoms with Crippen LogP contribution in [-0.4, -0.2) is 24.5 Å². The Morgan fingerprint density at radius 3 is 2.41 bits per heavy atom. The van der Waals surface area contributed by atoms with Crippen LogP contribution in [0.1, 0.15) is 42.4 Å². The number of rotatable bonds is 2. The van der Waals surface area contributed by atoms with Gasteiger partial charge in [0.2, 0.25) is 0 Å². The minimum absolute atomic E-state index is 0.733. The molecule has 2 nitrogen and oxygen atoms in total. The van der Waals surface area contributed by atoms with Crippen molar-refractivity contribution in [2.45, 2.75) is 39.5 Å². The van der Waals surface area contributed by atoms with Crippen LogP contribution in [0.4, 0.5) is 5.69 Å². The van der Waals surface area contributed by atoms with E-state index in [2.05, 4.69) is 37.8 Å². The van der Waals surface area contributed by atoms with Gasteiger partial charge in [0.25, 0.3) is 0 Å². The molecule has 2 N–H and O–H groups in total. The first-order valence-corrected chi connectivity index (χ1v) is 6.70. The van der Waals surface area contributed by atoms with Gasteiger partial charge >= 0.3 is 0 Å². The molecule has 0 saturated carbocycles. The maximum Gasteiger partial charge on any atom is 0.0346 e. The van der Waals surface area contributed by atoms with Gasteiger partial charge in [0.05, 0.1) is 0 Å². The Labute approximate surface area is 105 Å². The minimum atomic E-state index is 0.733. The fraction of sp³-hybridized carbons (Fsp3) is 0.600. The van der Waals surface area contributed by atoms with Crippen molar-refractivity contribution in [3.8, 4) is 0 Å². The average molecular weight is 232 g/mol. The molecule has 1 aromatic carbocycles. The van der Waals surface area contributed by atoms with Gasteiger partial charge in [0.15, 0.2) is 0 Å². The topological polar surface area (TPSA) is 29.3 Å². The van der Waals surface area contributed by atoms with Crippen LogP contribution < -0.4 is 5.73 Å². The van der Waals surface area contributed by atoms with Crippen molar-refractivity contribution in [1.82, 2.24) is 4.90 Å². The zero-order chi connectivity index (χ0) is 12.4. The molecule has 1 aliphatic heterocycles. The lowest BCUT2D eigenvalue weighted by atomic mass is 9.85. The Hall–Kier alpha value is -1.02. The zero-order valence-electron chi connectivity index (χ0n) is 11.3. The van der Waals surface area contributed by atoms with Crippen LogP contribution in [0.2, 0.25) is 0 Å². The molecule has 0 aliphatic carbocycles. The molecule has 1 heterocycles. The molecular weight excluding hydrogens is 208 g/mol. The van der Waals surface area contributed by atoms with E-state index in [0.717, 1.165) is 11.6 Å². The normalized spacial score (nSPS) is 18.5. The van der Waals surface area contributed by atoms with Gasteiger partial charge in [-0.05, 0) is 75.0 Å². The van der Waals surface area contributed by atoms with Crippen LogP contribution >= 0.6 is 0 Å². The number of piperidine rings is 1. The van der Waals surface area contributed by atoms with Crippen molar-refractivity contribution >= 4 is 5.69 Å². The molecule has 17 heavy (non-hydrogen) atoms. The van der Waals surface area contributed by atoms with E-state index in [1.54, 1.807) is 0 Å². The Morgan fingerprint density at radius 2 is 1.82 bits per heavy atom. The van der Waals surface area contributed by atoms with Crippen molar-refractivity contribution in [3.05, 3.63) is 28.8 Å². The Morgan fingerprint density at radius 1 is 1.18 bits per heavy atom. The highest BCUT2D eigenvalue weighted by atomic mass is 15.1. The highest BCUT2D eigenvalue weighted by Gasteiger charge is 2.21. The minimum Gasteiger partial charge on any atom is -0.399 e. The van der Waals surface area contributed by atoms with Crippen LogP contribution in [0.15, 0.2) is 12.1 Å². The van der Waals surface area contributed by atoms with Crippen molar-refractivity contribution in [2.24, 2.45) is 0 Å². The summed E-state index contributed by atoms with van der Waals surface area (Å²) in [6.45, 7) is 10.2. The van der Waals surface area contributed by atoms with Crippen LogP contribution in [0.25, 0.3) is 0 Å². The van der Waals surface area contributed by atoms with Crippen LogP contribution in [0, 0.1) is 13.8 Å². The summed E-state index contributed by atoms with van der Waals surface area (Å²) >= 11 is 0. The molecule has 2 heteroatoms. The monoisotopic (exact) mass is 232 g/mol.